The largest absolute Gasteiger partial charge is 0.357 e. The molecule has 120 valence electrons. The van der Waals surface area contributed by atoms with E-state index in [0.717, 1.165) is 32.0 Å². The van der Waals surface area contributed by atoms with Gasteiger partial charge in [-0.15, -0.1) is 0 Å². The van der Waals surface area contributed by atoms with Crippen LogP contribution in [-0.2, 0) is 9.84 Å². The SMILES string of the molecule is CCNC(=NCC1CCS(=O)(=O)C1)N1CCC2(CCC2)C1. The van der Waals surface area contributed by atoms with E-state index in [1.165, 1.54) is 25.7 Å². The van der Waals surface area contributed by atoms with Gasteiger partial charge in [0.2, 0.25) is 0 Å². The minimum absolute atomic E-state index is 0.212. The number of guanidine groups is 1. The molecular weight excluding hydrogens is 286 g/mol. The zero-order valence-corrected chi connectivity index (χ0v) is 13.8. The second-order valence-electron chi connectivity index (χ2n) is 6.99. The Balaban J connectivity index is 1.60. The van der Waals surface area contributed by atoms with Crippen LogP contribution in [0.3, 0.4) is 0 Å². The van der Waals surface area contributed by atoms with Crippen LogP contribution in [0.15, 0.2) is 4.99 Å². The Kier molecular flexibility index (Phi) is 4.17. The van der Waals surface area contributed by atoms with Crippen LogP contribution < -0.4 is 5.32 Å². The summed E-state index contributed by atoms with van der Waals surface area (Å²) in [6, 6.07) is 0. The summed E-state index contributed by atoms with van der Waals surface area (Å²) in [5.41, 5.74) is 0.562. The summed E-state index contributed by atoms with van der Waals surface area (Å²) in [6.07, 6.45) is 6.17. The lowest BCUT2D eigenvalue weighted by atomic mass is 9.68. The fourth-order valence-electron chi connectivity index (χ4n) is 3.86. The third-order valence-corrected chi connectivity index (χ3v) is 7.15. The van der Waals surface area contributed by atoms with Crippen molar-refractivity contribution in [2.24, 2.45) is 16.3 Å². The van der Waals surface area contributed by atoms with Gasteiger partial charge in [-0.05, 0) is 43.9 Å². The second kappa shape index (κ2) is 5.78. The van der Waals surface area contributed by atoms with E-state index in [4.69, 9.17) is 4.99 Å². The summed E-state index contributed by atoms with van der Waals surface area (Å²) in [7, 11) is -2.79. The molecule has 2 aliphatic heterocycles. The molecule has 0 aromatic rings. The van der Waals surface area contributed by atoms with Crippen LogP contribution in [0.25, 0.3) is 0 Å². The van der Waals surface area contributed by atoms with Crippen molar-refractivity contribution in [3.8, 4) is 0 Å². The molecule has 5 nitrogen and oxygen atoms in total. The van der Waals surface area contributed by atoms with Gasteiger partial charge in [-0.1, -0.05) is 6.42 Å². The molecule has 6 heteroatoms. The van der Waals surface area contributed by atoms with E-state index in [0.29, 0.717) is 23.5 Å². The summed E-state index contributed by atoms with van der Waals surface area (Å²) in [4.78, 5) is 7.12. The number of nitrogens with one attached hydrogen (secondary N) is 1. The molecule has 3 rings (SSSR count). The maximum Gasteiger partial charge on any atom is 0.193 e. The maximum atomic E-state index is 11.5. The number of rotatable bonds is 3. The Bertz CT molecular complexity index is 511. The molecule has 1 aliphatic carbocycles. The standard InChI is InChI=1S/C15H27N3O2S/c1-2-16-14(17-10-13-4-9-21(19,20)11-13)18-8-7-15(12-18)5-3-6-15/h13H,2-12H2,1H3,(H,16,17). The van der Waals surface area contributed by atoms with Crippen molar-refractivity contribution < 1.29 is 8.42 Å². The number of hydrogen-bond donors (Lipinski definition) is 1. The van der Waals surface area contributed by atoms with Gasteiger partial charge in [0, 0.05) is 26.2 Å². The van der Waals surface area contributed by atoms with E-state index >= 15 is 0 Å². The fraction of sp³-hybridized carbons (Fsp3) is 0.933. The summed E-state index contributed by atoms with van der Waals surface area (Å²) >= 11 is 0. The van der Waals surface area contributed by atoms with Crippen molar-refractivity contribution in [2.75, 3.05) is 37.7 Å². The molecule has 3 fully saturated rings. The average Bonchev–Trinajstić information content (AvgIpc) is 2.98. The zero-order valence-electron chi connectivity index (χ0n) is 13.0. The lowest BCUT2D eigenvalue weighted by Crippen LogP contribution is -2.42. The van der Waals surface area contributed by atoms with Crippen LogP contribution in [0, 0.1) is 11.3 Å². The van der Waals surface area contributed by atoms with Crippen LogP contribution in [0.2, 0.25) is 0 Å². The molecule has 0 bridgehead atoms. The normalized spacial score (nSPS) is 30.6. The molecule has 1 spiro atoms. The third-order valence-electron chi connectivity index (χ3n) is 5.31. The van der Waals surface area contributed by atoms with Crippen LogP contribution >= 0.6 is 0 Å². The molecule has 1 atom stereocenters. The molecule has 0 aromatic heterocycles. The minimum atomic E-state index is -2.79. The smallest absolute Gasteiger partial charge is 0.193 e. The highest BCUT2D eigenvalue weighted by Crippen LogP contribution is 2.47. The Morgan fingerprint density at radius 1 is 1.38 bits per heavy atom. The average molecular weight is 313 g/mol. The number of aliphatic imine (C=N–C) groups is 1. The monoisotopic (exact) mass is 313 g/mol. The molecule has 0 amide bonds. The molecule has 21 heavy (non-hydrogen) atoms. The Hall–Kier alpha value is -0.780. The predicted molar refractivity (Wildman–Crippen MR) is 85.2 cm³/mol. The molecular formula is C15H27N3O2S. The van der Waals surface area contributed by atoms with Crippen LogP contribution in [-0.4, -0.2) is 57.0 Å². The Morgan fingerprint density at radius 3 is 2.71 bits per heavy atom. The highest BCUT2D eigenvalue weighted by molar-refractivity contribution is 7.91. The van der Waals surface area contributed by atoms with E-state index in [1.807, 2.05) is 0 Å². The van der Waals surface area contributed by atoms with E-state index in [-0.39, 0.29) is 5.92 Å². The number of nitrogens with zero attached hydrogens (tertiary/aromatic N) is 2. The van der Waals surface area contributed by atoms with E-state index in [2.05, 4.69) is 17.1 Å². The summed E-state index contributed by atoms with van der Waals surface area (Å²) < 4.78 is 23.0. The van der Waals surface area contributed by atoms with Gasteiger partial charge < -0.3 is 10.2 Å². The molecule has 1 N–H and O–H groups in total. The summed E-state index contributed by atoms with van der Waals surface area (Å²) in [6.45, 7) is 5.82. The summed E-state index contributed by atoms with van der Waals surface area (Å²) in [5, 5.41) is 3.38. The van der Waals surface area contributed by atoms with Crippen LogP contribution in [0.1, 0.15) is 39.0 Å². The number of likely N-dealkylation sites (tertiary alicyclic amines) is 1. The second-order valence-corrected chi connectivity index (χ2v) is 9.22. The fourth-order valence-corrected chi connectivity index (χ4v) is 5.71. The highest BCUT2D eigenvalue weighted by atomic mass is 32.2. The van der Waals surface area contributed by atoms with Gasteiger partial charge in [0.1, 0.15) is 0 Å². The van der Waals surface area contributed by atoms with Gasteiger partial charge in [0.05, 0.1) is 11.5 Å². The quantitative estimate of drug-likeness (QED) is 0.629. The number of hydrogen-bond acceptors (Lipinski definition) is 3. The molecule has 1 saturated carbocycles. The van der Waals surface area contributed by atoms with Gasteiger partial charge in [-0.25, -0.2) is 8.42 Å². The van der Waals surface area contributed by atoms with Gasteiger partial charge >= 0.3 is 0 Å². The van der Waals surface area contributed by atoms with Crippen molar-refractivity contribution in [2.45, 2.75) is 39.0 Å². The first-order valence-corrected chi connectivity index (χ1v) is 10.1. The Morgan fingerprint density at radius 2 is 2.19 bits per heavy atom. The van der Waals surface area contributed by atoms with Crippen LogP contribution in [0.4, 0.5) is 0 Å². The zero-order chi connectivity index (χ0) is 14.9. The van der Waals surface area contributed by atoms with Crippen molar-refractivity contribution in [1.29, 1.82) is 0 Å². The van der Waals surface area contributed by atoms with E-state index in [1.54, 1.807) is 0 Å². The summed E-state index contributed by atoms with van der Waals surface area (Å²) in [5.74, 6) is 1.87. The van der Waals surface area contributed by atoms with Crippen LogP contribution in [0.5, 0.6) is 0 Å². The molecule has 1 unspecified atom stereocenters. The molecule has 2 saturated heterocycles. The van der Waals surface area contributed by atoms with Gasteiger partial charge in [-0.3, -0.25) is 4.99 Å². The lowest BCUT2D eigenvalue weighted by molar-refractivity contribution is 0.151. The van der Waals surface area contributed by atoms with Crippen molar-refractivity contribution >= 4 is 15.8 Å². The Labute approximate surface area is 128 Å². The first-order valence-electron chi connectivity index (χ1n) is 8.26. The lowest BCUT2D eigenvalue weighted by Gasteiger charge is -2.38. The number of sulfone groups is 1. The first-order chi connectivity index (χ1) is 10.0. The molecule has 0 radical (unpaired) electrons. The maximum absolute atomic E-state index is 11.5. The van der Waals surface area contributed by atoms with Crippen molar-refractivity contribution in [3.63, 3.8) is 0 Å². The van der Waals surface area contributed by atoms with Crippen molar-refractivity contribution in [1.82, 2.24) is 10.2 Å². The topological polar surface area (TPSA) is 61.8 Å². The van der Waals surface area contributed by atoms with E-state index < -0.39 is 9.84 Å². The molecule has 2 heterocycles. The van der Waals surface area contributed by atoms with E-state index in [9.17, 15) is 8.42 Å². The van der Waals surface area contributed by atoms with Gasteiger partial charge in [0.25, 0.3) is 0 Å². The van der Waals surface area contributed by atoms with Gasteiger partial charge in [0.15, 0.2) is 15.8 Å². The highest BCUT2D eigenvalue weighted by Gasteiger charge is 2.43. The predicted octanol–water partition coefficient (Wildman–Crippen LogP) is 1.26. The van der Waals surface area contributed by atoms with Gasteiger partial charge in [-0.2, -0.15) is 0 Å². The molecule has 3 aliphatic rings. The molecule has 0 aromatic carbocycles. The van der Waals surface area contributed by atoms with Crippen molar-refractivity contribution in [3.05, 3.63) is 0 Å². The third kappa shape index (κ3) is 3.35. The first kappa shape index (κ1) is 15.1. The minimum Gasteiger partial charge on any atom is -0.357 e.